The van der Waals surface area contributed by atoms with Crippen molar-refractivity contribution in [1.29, 1.82) is 0 Å². The molecule has 0 saturated carbocycles. The lowest BCUT2D eigenvalue weighted by atomic mass is 10.0. The molecule has 0 atom stereocenters. The summed E-state index contributed by atoms with van der Waals surface area (Å²) in [5, 5.41) is 11.8. The van der Waals surface area contributed by atoms with Crippen molar-refractivity contribution in [2.75, 3.05) is 18.4 Å². The van der Waals surface area contributed by atoms with Crippen LogP contribution in [0, 0.1) is 13.8 Å². The Morgan fingerprint density at radius 1 is 1.11 bits per heavy atom. The van der Waals surface area contributed by atoms with E-state index in [9.17, 15) is 14.4 Å². The van der Waals surface area contributed by atoms with Crippen molar-refractivity contribution in [2.45, 2.75) is 33.1 Å². The molecule has 1 aromatic carbocycles. The van der Waals surface area contributed by atoms with Crippen molar-refractivity contribution in [2.24, 2.45) is 0 Å². The molecule has 0 bridgehead atoms. The molecule has 1 aromatic heterocycles. The van der Waals surface area contributed by atoms with Gasteiger partial charge in [-0.15, -0.1) is 0 Å². The molecule has 7 nitrogen and oxygen atoms in total. The first-order chi connectivity index (χ1) is 12.9. The molecule has 0 unspecified atom stereocenters. The molecule has 1 fully saturated rings. The minimum absolute atomic E-state index is 0.0950. The number of aryl methyl sites for hydroxylation is 2. The van der Waals surface area contributed by atoms with Crippen LogP contribution >= 0.6 is 0 Å². The molecular weight excluding hydrogens is 348 g/mol. The van der Waals surface area contributed by atoms with E-state index in [1.165, 1.54) is 6.26 Å². The number of nitrogens with zero attached hydrogens (tertiary/aromatic N) is 1. The van der Waals surface area contributed by atoms with Crippen LogP contribution in [0.1, 0.15) is 50.4 Å². The quantitative estimate of drug-likeness (QED) is 0.843. The molecular formula is C20H22N2O5. The number of rotatable bonds is 5. The van der Waals surface area contributed by atoms with Gasteiger partial charge < -0.3 is 19.7 Å². The topological polar surface area (TPSA) is 99.9 Å². The number of carboxylic acids is 1. The predicted octanol–water partition coefficient (Wildman–Crippen LogP) is 3.01. The monoisotopic (exact) mass is 370 g/mol. The number of furan rings is 1. The minimum Gasteiger partial charge on any atom is -0.481 e. The van der Waals surface area contributed by atoms with Crippen LogP contribution in [0.4, 0.5) is 5.69 Å². The Balaban J connectivity index is 1.91. The van der Waals surface area contributed by atoms with E-state index in [-0.39, 0.29) is 23.7 Å². The van der Waals surface area contributed by atoms with Gasteiger partial charge >= 0.3 is 5.97 Å². The van der Waals surface area contributed by atoms with Crippen molar-refractivity contribution in [3.63, 3.8) is 0 Å². The molecule has 2 N–H and O–H groups in total. The van der Waals surface area contributed by atoms with Crippen LogP contribution in [-0.2, 0) is 11.2 Å². The first kappa shape index (κ1) is 18.7. The number of carbonyl (C=O) groups excluding carboxylic acids is 2. The third kappa shape index (κ3) is 3.86. The number of amides is 2. The molecule has 0 radical (unpaired) electrons. The van der Waals surface area contributed by atoms with Crippen molar-refractivity contribution in [3.05, 3.63) is 52.5 Å². The van der Waals surface area contributed by atoms with E-state index >= 15 is 0 Å². The lowest BCUT2D eigenvalue weighted by Crippen LogP contribution is -2.29. The van der Waals surface area contributed by atoms with Gasteiger partial charge in [-0.2, -0.15) is 0 Å². The standard InChI is InChI=1S/C20H22N2O5/c1-12-6-5-7-14(17(12)20(26)22-8-3-4-9-22)21-19(25)18-13(2)11-27-15(18)10-16(23)24/h5-7,11H,3-4,8-10H2,1-2H3,(H,21,25)(H,23,24). The van der Waals surface area contributed by atoms with Gasteiger partial charge in [-0.25, -0.2) is 0 Å². The lowest BCUT2D eigenvalue weighted by Gasteiger charge is -2.19. The largest absolute Gasteiger partial charge is 0.481 e. The summed E-state index contributed by atoms with van der Waals surface area (Å²) >= 11 is 0. The minimum atomic E-state index is -1.08. The van der Waals surface area contributed by atoms with Crippen molar-refractivity contribution < 1.29 is 23.9 Å². The number of carbonyl (C=O) groups is 3. The third-order valence-corrected chi connectivity index (χ3v) is 4.72. The Bertz CT molecular complexity index is 894. The molecule has 2 heterocycles. The maximum Gasteiger partial charge on any atom is 0.311 e. The first-order valence-corrected chi connectivity index (χ1v) is 8.87. The van der Waals surface area contributed by atoms with Crippen molar-refractivity contribution in [3.8, 4) is 0 Å². The van der Waals surface area contributed by atoms with E-state index in [0.717, 1.165) is 18.4 Å². The zero-order chi connectivity index (χ0) is 19.6. The van der Waals surface area contributed by atoms with Crippen LogP contribution in [0.5, 0.6) is 0 Å². The number of aliphatic carboxylic acids is 1. The molecule has 2 amide bonds. The summed E-state index contributed by atoms with van der Waals surface area (Å²) in [6.07, 6.45) is 2.93. The number of anilines is 1. The lowest BCUT2D eigenvalue weighted by molar-refractivity contribution is -0.136. The van der Waals surface area contributed by atoms with Crippen LogP contribution in [0.2, 0.25) is 0 Å². The Hall–Kier alpha value is -3.09. The number of hydrogen-bond acceptors (Lipinski definition) is 4. The van der Waals surface area contributed by atoms with Gasteiger partial charge in [0.05, 0.1) is 23.1 Å². The van der Waals surface area contributed by atoms with Crippen molar-refractivity contribution in [1.82, 2.24) is 4.90 Å². The second-order valence-electron chi connectivity index (χ2n) is 6.74. The van der Waals surface area contributed by atoms with Gasteiger partial charge in [0.2, 0.25) is 0 Å². The number of hydrogen-bond donors (Lipinski definition) is 2. The summed E-state index contributed by atoms with van der Waals surface area (Å²) in [4.78, 5) is 38.5. The molecule has 1 aliphatic heterocycles. The number of carboxylic acid groups (broad SMARTS) is 1. The molecule has 0 aliphatic carbocycles. The normalized spacial score (nSPS) is 13.6. The molecule has 142 valence electrons. The van der Waals surface area contributed by atoms with Gasteiger partial charge in [0, 0.05) is 18.7 Å². The van der Waals surface area contributed by atoms with Gasteiger partial charge in [-0.1, -0.05) is 12.1 Å². The van der Waals surface area contributed by atoms with Crippen molar-refractivity contribution >= 4 is 23.5 Å². The molecule has 27 heavy (non-hydrogen) atoms. The summed E-state index contributed by atoms with van der Waals surface area (Å²) in [7, 11) is 0. The Labute approximate surface area is 157 Å². The summed E-state index contributed by atoms with van der Waals surface area (Å²) in [5.74, 6) is -1.58. The fourth-order valence-electron chi connectivity index (χ4n) is 3.39. The molecule has 7 heteroatoms. The Kier molecular flexibility index (Phi) is 5.30. The highest BCUT2D eigenvalue weighted by Crippen LogP contribution is 2.26. The van der Waals surface area contributed by atoms with E-state index in [4.69, 9.17) is 9.52 Å². The Morgan fingerprint density at radius 2 is 1.81 bits per heavy atom. The number of likely N-dealkylation sites (tertiary alicyclic amines) is 1. The average Bonchev–Trinajstić information content (AvgIpc) is 3.24. The summed E-state index contributed by atoms with van der Waals surface area (Å²) < 4.78 is 5.23. The molecule has 3 rings (SSSR count). The molecule has 1 saturated heterocycles. The van der Waals surface area contributed by atoms with Gasteiger partial charge in [0.25, 0.3) is 11.8 Å². The van der Waals surface area contributed by atoms with Crippen LogP contribution < -0.4 is 5.32 Å². The van der Waals surface area contributed by atoms with Gasteiger partial charge in [-0.05, 0) is 38.3 Å². The first-order valence-electron chi connectivity index (χ1n) is 8.87. The summed E-state index contributed by atoms with van der Waals surface area (Å²) in [6.45, 7) is 4.93. The van der Waals surface area contributed by atoms with Gasteiger partial charge in [-0.3, -0.25) is 14.4 Å². The van der Waals surface area contributed by atoms with E-state index < -0.39 is 11.9 Å². The van der Waals surface area contributed by atoms with Crippen LogP contribution in [0.15, 0.2) is 28.9 Å². The fourth-order valence-corrected chi connectivity index (χ4v) is 3.39. The fraction of sp³-hybridized carbons (Fsp3) is 0.350. The summed E-state index contributed by atoms with van der Waals surface area (Å²) in [5.41, 5.74) is 2.40. The van der Waals surface area contributed by atoms with E-state index in [2.05, 4.69) is 5.32 Å². The highest BCUT2D eigenvalue weighted by Gasteiger charge is 2.26. The van der Waals surface area contributed by atoms with Crippen LogP contribution in [0.25, 0.3) is 0 Å². The zero-order valence-corrected chi connectivity index (χ0v) is 15.4. The maximum atomic E-state index is 12.9. The van der Waals surface area contributed by atoms with E-state index in [1.807, 2.05) is 13.0 Å². The second-order valence-corrected chi connectivity index (χ2v) is 6.74. The Morgan fingerprint density at radius 3 is 2.48 bits per heavy atom. The van der Waals surface area contributed by atoms with Gasteiger partial charge in [0.15, 0.2) is 0 Å². The van der Waals surface area contributed by atoms with E-state index in [0.29, 0.717) is 29.9 Å². The van der Waals surface area contributed by atoms with Crippen LogP contribution in [-0.4, -0.2) is 40.9 Å². The molecule has 2 aromatic rings. The predicted molar refractivity (Wildman–Crippen MR) is 99.1 cm³/mol. The van der Waals surface area contributed by atoms with Crippen LogP contribution in [0.3, 0.4) is 0 Å². The summed E-state index contributed by atoms with van der Waals surface area (Å²) in [6, 6.07) is 5.28. The van der Waals surface area contributed by atoms with E-state index in [1.54, 1.807) is 24.0 Å². The number of benzene rings is 1. The maximum absolute atomic E-state index is 12.9. The third-order valence-electron chi connectivity index (χ3n) is 4.72. The highest BCUT2D eigenvalue weighted by atomic mass is 16.4. The molecule has 0 spiro atoms. The SMILES string of the molecule is Cc1cccc(NC(=O)c2c(C)coc2CC(=O)O)c1C(=O)N1CCCC1. The molecule has 1 aliphatic rings. The smallest absolute Gasteiger partial charge is 0.311 e. The zero-order valence-electron chi connectivity index (χ0n) is 15.4. The average molecular weight is 370 g/mol. The van der Waals surface area contributed by atoms with Gasteiger partial charge in [0.1, 0.15) is 12.2 Å². The highest BCUT2D eigenvalue weighted by molar-refractivity contribution is 6.10. The second kappa shape index (κ2) is 7.65. The number of nitrogens with one attached hydrogen (secondary N) is 1.